The number of amides is 2. The number of para-hydroxylation sites is 1. The Balaban J connectivity index is 1.59. The molecule has 2 aliphatic rings. The van der Waals surface area contributed by atoms with Crippen molar-refractivity contribution in [1.82, 2.24) is 0 Å². The van der Waals surface area contributed by atoms with Crippen LogP contribution in [-0.4, -0.2) is 35.1 Å². The number of fused-ring (bicyclic) bond motifs is 1. The summed E-state index contributed by atoms with van der Waals surface area (Å²) in [5.74, 6) is -1.89. The van der Waals surface area contributed by atoms with E-state index in [9.17, 15) is 24.8 Å². The van der Waals surface area contributed by atoms with Crippen LogP contribution in [0.5, 0.6) is 11.5 Å². The minimum atomic E-state index is -1.11. The van der Waals surface area contributed by atoms with Gasteiger partial charge in [0.25, 0.3) is 11.6 Å². The molecule has 10 nitrogen and oxygen atoms in total. The normalized spacial score (nSPS) is 21.4. The van der Waals surface area contributed by atoms with Crippen LogP contribution in [0.1, 0.15) is 11.6 Å². The summed E-state index contributed by atoms with van der Waals surface area (Å²) in [4.78, 5) is 44.5. The SMILES string of the molecule is COc1cc([C@@H]2[C@@H]3C(=O)N(c4ccc([N+](=O)[O-])cc4)C(=O)[C@@H]3ON2c2ccccc2)cc(Br)c1O. The number of nitro benzene ring substituents is 1. The maximum Gasteiger partial charge on any atom is 0.269 e. The van der Waals surface area contributed by atoms with Crippen molar-refractivity contribution >= 4 is 44.8 Å². The van der Waals surface area contributed by atoms with E-state index >= 15 is 0 Å². The van der Waals surface area contributed by atoms with Gasteiger partial charge in [-0.25, -0.2) is 9.96 Å². The van der Waals surface area contributed by atoms with Gasteiger partial charge in [0.2, 0.25) is 5.91 Å². The molecule has 2 fully saturated rings. The molecule has 3 aromatic rings. The van der Waals surface area contributed by atoms with E-state index in [-0.39, 0.29) is 22.9 Å². The molecule has 0 radical (unpaired) electrons. The lowest BCUT2D eigenvalue weighted by Gasteiger charge is -2.29. The van der Waals surface area contributed by atoms with E-state index < -0.39 is 34.8 Å². The Labute approximate surface area is 207 Å². The predicted octanol–water partition coefficient (Wildman–Crippen LogP) is 4.12. The maximum absolute atomic E-state index is 13.7. The number of phenols is 1. The number of hydrogen-bond acceptors (Lipinski definition) is 8. The number of nitro groups is 1. The largest absolute Gasteiger partial charge is 0.503 e. The maximum atomic E-state index is 13.7. The number of rotatable bonds is 5. The Morgan fingerprint density at radius 2 is 1.71 bits per heavy atom. The number of ether oxygens (including phenoxy) is 1. The second-order valence-corrected chi connectivity index (χ2v) is 8.85. The molecule has 2 saturated heterocycles. The first-order chi connectivity index (χ1) is 16.8. The first-order valence-electron chi connectivity index (χ1n) is 10.5. The lowest BCUT2D eigenvalue weighted by atomic mass is 9.90. The zero-order chi connectivity index (χ0) is 24.9. The molecule has 35 heavy (non-hydrogen) atoms. The fourth-order valence-electron chi connectivity index (χ4n) is 4.45. The molecule has 5 rings (SSSR count). The van der Waals surface area contributed by atoms with E-state index in [0.717, 1.165) is 4.90 Å². The summed E-state index contributed by atoms with van der Waals surface area (Å²) in [6.45, 7) is 0. The van der Waals surface area contributed by atoms with Crippen LogP contribution < -0.4 is 14.7 Å². The fourth-order valence-corrected chi connectivity index (χ4v) is 4.91. The highest BCUT2D eigenvalue weighted by Gasteiger charge is 2.60. The molecule has 0 saturated carbocycles. The van der Waals surface area contributed by atoms with Crippen LogP contribution in [0.25, 0.3) is 0 Å². The molecule has 0 bridgehead atoms. The quantitative estimate of drug-likeness (QED) is 0.291. The van der Waals surface area contributed by atoms with Gasteiger partial charge in [0, 0.05) is 12.1 Å². The first kappa shape index (κ1) is 22.8. The van der Waals surface area contributed by atoms with Crippen LogP contribution in [0.4, 0.5) is 17.1 Å². The van der Waals surface area contributed by atoms with Crippen molar-refractivity contribution in [3.05, 3.63) is 86.9 Å². The lowest BCUT2D eigenvalue weighted by molar-refractivity contribution is -0.384. The van der Waals surface area contributed by atoms with Gasteiger partial charge >= 0.3 is 0 Å². The molecule has 0 unspecified atom stereocenters. The number of halogens is 1. The Morgan fingerprint density at radius 1 is 1.03 bits per heavy atom. The Morgan fingerprint density at radius 3 is 2.34 bits per heavy atom. The Bertz CT molecular complexity index is 1330. The van der Waals surface area contributed by atoms with Gasteiger partial charge in [-0.05, 0) is 57.9 Å². The summed E-state index contributed by atoms with van der Waals surface area (Å²) in [6.07, 6.45) is -1.11. The topological polar surface area (TPSA) is 122 Å². The van der Waals surface area contributed by atoms with Gasteiger partial charge < -0.3 is 9.84 Å². The van der Waals surface area contributed by atoms with Gasteiger partial charge in [-0.15, -0.1) is 0 Å². The molecule has 0 aromatic heterocycles. The third-order valence-corrected chi connectivity index (χ3v) is 6.66. The highest BCUT2D eigenvalue weighted by molar-refractivity contribution is 9.10. The molecule has 178 valence electrons. The van der Waals surface area contributed by atoms with E-state index in [1.54, 1.807) is 24.3 Å². The van der Waals surface area contributed by atoms with Crippen molar-refractivity contribution in [3.8, 4) is 11.5 Å². The van der Waals surface area contributed by atoms with Crippen LogP contribution in [0, 0.1) is 16.0 Å². The molecule has 3 atom stereocenters. The number of non-ortho nitro benzene ring substituents is 1. The average Bonchev–Trinajstić information content (AvgIpc) is 3.37. The van der Waals surface area contributed by atoms with Crippen molar-refractivity contribution in [2.24, 2.45) is 5.92 Å². The number of phenolic OH excluding ortho intramolecular Hbond substituents is 1. The molecule has 1 N–H and O–H groups in total. The molecule has 3 aromatic carbocycles. The first-order valence-corrected chi connectivity index (χ1v) is 11.3. The van der Waals surface area contributed by atoms with E-state index in [4.69, 9.17) is 9.57 Å². The molecular formula is C24H18BrN3O7. The molecule has 0 aliphatic carbocycles. The van der Waals surface area contributed by atoms with Crippen LogP contribution in [0.2, 0.25) is 0 Å². The number of hydrogen-bond donors (Lipinski definition) is 1. The van der Waals surface area contributed by atoms with Gasteiger partial charge in [0.1, 0.15) is 5.92 Å². The summed E-state index contributed by atoms with van der Waals surface area (Å²) >= 11 is 3.32. The van der Waals surface area contributed by atoms with E-state index in [1.807, 2.05) is 18.2 Å². The van der Waals surface area contributed by atoms with Crippen LogP contribution >= 0.6 is 15.9 Å². The summed E-state index contributed by atoms with van der Waals surface area (Å²) in [5, 5.41) is 22.8. The van der Waals surface area contributed by atoms with Crippen molar-refractivity contribution < 1.29 is 29.2 Å². The second kappa shape index (κ2) is 8.67. The van der Waals surface area contributed by atoms with E-state index in [0.29, 0.717) is 15.7 Å². The number of imide groups is 1. The monoisotopic (exact) mass is 539 g/mol. The highest BCUT2D eigenvalue weighted by Crippen LogP contribution is 2.49. The number of anilines is 2. The molecule has 2 heterocycles. The number of hydroxylamine groups is 1. The van der Waals surface area contributed by atoms with E-state index in [2.05, 4.69) is 15.9 Å². The number of nitrogens with zero attached hydrogens (tertiary/aromatic N) is 3. The number of carbonyl (C=O) groups excluding carboxylic acids is 2. The molecule has 11 heteroatoms. The zero-order valence-corrected chi connectivity index (χ0v) is 19.8. The molecule has 2 amide bonds. The van der Waals surface area contributed by atoms with Gasteiger partial charge in [-0.2, -0.15) is 0 Å². The van der Waals surface area contributed by atoms with Crippen LogP contribution in [0.3, 0.4) is 0 Å². The van der Waals surface area contributed by atoms with Crippen molar-refractivity contribution in [2.45, 2.75) is 12.1 Å². The number of benzene rings is 3. The average molecular weight is 540 g/mol. The Kier molecular flexibility index (Phi) is 5.65. The van der Waals surface area contributed by atoms with E-state index in [1.165, 1.54) is 36.4 Å². The third kappa shape index (κ3) is 3.69. The zero-order valence-electron chi connectivity index (χ0n) is 18.2. The number of aromatic hydroxyl groups is 1. The number of carbonyl (C=O) groups is 2. The standard InChI is InChI=1S/C24H18BrN3O7/c1-34-18-12-13(11-17(25)21(18)29)20-19-22(35-27(20)15-5-3-2-4-6-15)24(31)26(23(19)30)14-7-9-16(10-8-14)28(32)33/h2-12,19-20,22,29H,1H3/t19-,20+,22+/m0/s1. The minimum absolute atomic E-state index is 0.0979. The van der Waals surface area contributed by atoms with Gasteiger partial charge in [-0.1, -0.05) is 18.2 Å². The summed E-state index contributed by atoms with van der Waals surface area (Å²) < 4.78 is 5.64. The van der Waals surface area contributed by atoms with Gasteiger partial charge in [-0.3, -0.25) is 24.5 Å². The third-order valence-electron chi connectivity index (χ3n) is 6.06. The number of methoxy groups -OCH3 is 1. The molecule has 2 aliphatic heterocycles. The van der Waals surface area contributed by atoms with Crippen molar-refractivity contribution in [3.63, 3.8) is 0 Å². The van der Waals surface area contributed by atoms with Gasteiger partial charge in [0.15, 0.2) is 17.6 Å². The Hall–Kier alpha value is -3.96. The predicted molar refractivity (Wildman–Crippen MR) is 128 cm³/mol. The smallest absolute Gasteiger partial charge is 0.269 e. The van der Waals surface area contributed by atoms with Crippen LogP contribution in [-0.2, 0) is 14.4 Å². The molecule has 0 spiro atoms. The van der Waals surface area contributed by atoms with Crippen molar-refractivity contribution in [2.75, 3.05) is 17.1 Å². The highest BCUT2D eigenvalue weighted by atomic mass is 79.9. The summed E-state index contributed by atoms with van der Waals surface area (Å²) in [5.41, 5.74) is 1.28. The van der Waals surface area contributed by atoms with Crippen LogP contribution in [0.15, 0.2) is 71.2 Å². The summed E-state index contributed by atoms with van der Waals surface area (Å²) in [7, 11) is 1.41. The van der Waals surface area contributed by atoms with Crippen molar-refractivity contribution in [1.29, 1.82) is 0 Å². The fraction of sp³-hybridized carbons (Fsp3) is 0.167. The minimum Gasteiger partial charge on any atom is -0.503 e. The lowest BCUT2D eigenvalue weighted by Crippen LogP contribution is -2.37. The van der Waals surface area contributed by atoms with Gasteiger partial charge in [0.05, 0.1) is 33.9 Å². The summed E-state index contributed by atoms with van der Waals surface area (Å²) in [6, 6.07) is 16.8. The molecular weight excluding hydrogens is 522 g/mol. The second-order valence-electron chi connectivity index (χ2n) is 8.00.